The quantitative estimate of drug-likeness (QED) is 0.363. The van der Waals surface area contributed by atoms with E-state index < -0.39 is 34.4 Å². The van der Waals surface area contributed by atoms with Crippen LogP contribution < -0.4 is 9.62 Å². The monoisotopic (exact) mass is 555 g/mol. The minimum atomic E-state index is -3.93. The number of hydrogen-bond donors (Lipinski definition) is 1. The summed E-state index contributed by atoms with van der Waals surface area (Å²) in [5, 5.41) is 3.03. The summed E-state index contributed by atoms with van der Waals surface area (Å²) < 4.78 is 26.5. The van der Waals surface area contributed by atoms with Gasteiger partial charge >= 0.3 is 0 Å². The molecule has 0 aliphatic heterocycles. The molecule has 0 radical (unpaired) electrons. The van der Waals surface area contributed by atoms with Crippen LogP contribution in [0.3, 0.4) is 0 Å². The van der Waals surface area contributed by atoms with E-state index in [1.807, 2.05) is 30.3 Å². The lowest BCUT2D eigenvalue weighted by atomic mass is 10.0. The second-order valence-corrected chi connectivity index (χ2v) is 11.1. The van der Waals surface area contributed by atoms with E-state index in [-0.39, 0.29) is 24.4 Å². The Morgan fingerprint density at radius 3 is 2.21 bits per heavy atom. The Bertz CT molecular complexity index is 1410. The van der Waals surface area contributed by atoms with Gasteiger partial charge in [0.2, 0.25) is 21.8 Å². The molecule has 1 atom stereocenters. The largest absolute Gasteiger partial charge is 0.357 e. The fraction of sp³-hybridized carbons (Fsp3) is 0.250. The third-order valence-electron chi connectivity index (χ3n) is 6.04. The molecule has 10 heteroatoms. The molecule has 2 amide bonds. The number of sulfonamides is 1. The first-order chi connectivity index (χ1) is 18.0. The van der Waals surface area contributed by atoms with Crippen molar-refractivity contribution >= 4 is 44.9 Å². The maximum Gasteiger partial charge on any atom is 0.244 e. The Morgan fingerprint density at radius 2 is 1.61 bits per heavy atom. The van der Waals surface area contributed by atoms with E-state index in [0.717, 1.165) is 16.1 Å². The van der Waals surface area contributed by atoms with Gasteiger partial charge in [0.1, 0.15) is 12.6 Å². The smallest absolute Gasteiger partial charge is 0.244 e. The van der Waals surface area contributed by atoms with Gasteiger partial charge in [-0.2, -0.15) is 0 Å². The Balaban J connectivity index is 2.05. The number of rotatable bonds is 11. The molecule has 3 aromatic rings. The van der Waals surface area contributed by atoms with Crippen LogP contribution in [-0.4, -0.2) is 56.8 Å². The van der Waals surface area contributed by atoms with Crippen LogP contribution >= 0.6 is 11.6 Å². The molecule has 0 aromatic heterocycles. The van der Waals surface area contributed by atoms with Crippen LogP contribution in [0.25, 0.3) is 0 Å². The minimum Gasteiger partial charge on any atom is -0.357 e. The third-order valence-corrected chi connectivity index (χ3v) is 7.55. The number of carbonyl (C=O) groups is 3. The molecule has 0 heterocycles. The van der Waals surface area contributed by atoms with Crippen LogP contribution in [0.2, 0.25) is 5.02 Å². The summed E-state index contributed by atoms with van der Waals surface area (Å²) >= 11 is 6.40. The zero-order valence-corrected chi connectivity index (χ0v) is 23.0. The summed E-state index contributed by atoms with van der Waals surface area (Å²) in [4.78, 5) is 40.2. The second-order valence-electron chi connectivity index (χ2n) is 8.81. The van der Waals surface area contributed by atoms with Gasteiger partial charge in [0.05, 0.1) is 11.9 Å². The highest BCUT2D eigenvalue weighted by molar-refractivity contribution is 7.92. The number of likely N-dealkylation sites (N-methyl/N-ethyl adjacent to an activating group) is 1. The van der Waals surface area contributed by atoms with Crippen molar-refractivity contribution in [2.75, 3.05) is 24.2 Å². The number of halogens is 1. The van der Waals surface area contributed by atoms with Gasteiger partial charge in [-0.25, -0.2) is 8.42 Å². The molecule has 0 aliphatic carbocycles. The van der Waals surface area contributed by atoms with Crippen molar-refractivity contribution < 1.29 is 22.8 Å². The summed E-state index contributed by atoms with van der Waals surface area (Å²) in [6, 6.07) is 21.3. The molecule has 0 spiro atoms. The number of hydrogen-bond acceptors (Lipinski definition) is 5. The normalized spacial score (nSPS) is 11.9. The van der Waals surface area contributed by atoms with Crippen LogP contribution in [-0.2, 0) is 32.6 Å². The van der Waals surface area contributed by atoms with Crippen LogP contribution in [0, 0.1) is 0 Å². The lowest BCUT2D eigenvalue weighted by Gasteiger charge is -2.33. The SMILES string of the molecule is CNC(=O)[C@H](Cc1ccccc1)N(Cc1ccccc1Cl)C(=O)CN(c1cccc(C(C)=O)c1)S(C)(=O)=O. The topological polar surface area (TPSA) is 104 Å². The molecular formula is C28H30ClN3O5S. The number of anilines is 1. The van der Waals surface area contributed by atoms with Gasteiger partial charge in [-0.05, 0) is 36.2 Å². The molecule has 3 aromatic carbocycles. The first kappa shape index (κ1) is 28.9. The summed E-state index contributed by atoms with van der Waals surface area (Å²) in [5.74, 6) is -1.25. The lowest BCUT2D eigenvalue weighted by Crippen LogP contribution is -2.52. The molecular weight excluding hydrogens is 526 g/mol. The average molecular weight is 556 g/mol. The molecule has 1 N–H and O–H groups in total. The van der Waals surface area contributed by atoms with Gasteiger partial charge in [0, 0.05) is 30.6 Å². The average Bonchev–Trinajstić information content (AvgIpc) is 2.89. The maximum absolute atomic E-state index is 13.9. The molecule has 0 saturated carbocycles. The highest BCUT2D eigenvalue weighted by Gasteiger charge is 2.33. The lowest BCUT2D eigenvalue weighted by molar-refractivity contribution is -0.139. The van der Waals surface area contributed by atoms with E-state index >= 15 is 0 Å². The van der Waals surface area contributed by atoms with Crippen molar-refractivity contribution in [1.82, 2.24) is 10.2 Å². The van der Waals surface area contributed by atoms with Gasteiger partial charge in [0.15, 0.2) is 5.78 Å². The predicted molar refractivity (Wildman–Crippen MR) is 149 cm³/mol. The Kier molecular flexibility index (Phi) is 9.66. The molecule has 200 valence electrons. The van der Waals surface area contributed by atoms with Crippen molar-refractivity contribution in [3.8, 4) is 0 Å². The van der Waals surface area contributed by atoms with Crippen molar-refractivity contribution in [3.05, 3.63) is 101 Å². The number of benzene rings is 3. The number of nitrogens with one attached hydrogen (secondary N) is 1. The minimum absolute atomic E-state index is 0.0193. The molecule has 0 fully saturated rings. The molecule has 0 saturated heterocycles. The summed E-state index contributed by atoms with van der Waals surface area (Å²) in [6.07, 6.45) is 1.19. The second kappa shape index (κ2) is 12.7. The Morgan fingerprint density at radius 1 is 0.947 bits per heavy atom. The van der Waals surface area contributed by atoms with Gasteiger partial charge in [0.25, 0.3) is 0 Å². The van der Waals surface area contributed by atoms with Gasteiger partial charge in [-0.3, -0.25) is 18.7 Å². The maximum atomic E-state index is 13.9. The molecule has 38 heavy (non-hydrogen) atoms. The number of ketones is 1. The fourth-order valence-corrected chi connectivity index (χ4v) is 5.06. The van der Waals surface area contributed by atoms with Crippen LogP contribution in [0.4, 0.5) is 5.69 Å². The van der Waals surface area contributed by atoms with E-state index in [9.17, 15) is 22.8 Å². The van der Waals surface area contributed by atoms with E-state index in [1.54, 1.807) is 36.4 Å². The zero-order valence-electron chi connectivity index (χ0n) is 21.4. The number of Topliss-reactive ketones (excluding diaryl/α,β-unsaturated/α-hetero) is 1. The Hall–Kier alpha value is -3.69. The van der Waals surface area contributed by atoms with E-state index in [0.29, 0.717) is 16.1 Å². The summed E-state index contributed by atoms with van der Waals surface area (Å²) in [5.41, 5.74) is 1.91. The first-order valence-electron chi connectivity index (χ1n) is 11.9. The van der Waals surface area contributed by atoms with E-state index in [4.69, 9.17) is 11.6 Å². The summed E-state index contributed by atoms with van der Waals surface area (Å²) in [6.45, 7) is 0.777. The fourth-order valence-electron chi connectivity index (χ4n) is 4.02. The van der Waals surface area contributed by atoms with Gasteiger partial charge in [-0.1, -0.05) is 72.3 Å². The van der Waals surface area contributed by atoms with E-state index in [2.05, 4.69) is 5.32 Å². The first-order valence-corrected chi connectivity index (χ1v) is 14.1. The number of amides is 2. The van der Waals surface area contributed by atoms with Crippen LogP contribution in [0.5, 0.6) is 0 Å². The van der Waals surface area contributed by atoms with Crippen molar-refractivity contribution in [2.45, 2.75) is 25.9 Å². The van der Waals surface area contributed by atoms with E-state index in [1.165, 1.54) is 31.0 Å². The van der Waals surface area contributed by atoms with Gasteiger partial charge < -0.3 is 10.2 Å². The van der Waals surface area contributed by atoms with Gasteiger partial charge in [-0.15, -0.1) is 0 Å². The molecule has 0 aliphatic rings. The molecule has 0 bridgehead atoms. The van der Waals surface area contributed by atoms with Crippen molar-refractivity contribution in [3.63, 3.8) is 0 Å². The summed E-state index contributed by atoms with van der Waals surface area (Å²) in [7, 11) is -2.45. The van der Waals surface area contributed by atoms with Crippen molar-refractivity contribution in [2.24, 2.45) is 0 Å². The predicted octanol–water partition coefficient (Wildman–Crippen LogP) is 3.69. The Labute approximate surface area is 228 Å². The number of carbonyl (C=O) groups excluding carboxylic acids is 3. The standard InChI is InChI=1S/C28H30ClN3O5S/c1-20(33)22-13-9-14-24(17-22)32(38(3,36)37)19-27(34)31(18-23-12-7-8-15-25(23)29)26(28(35)30-2)16-21-10-5-4-6-11-21/h4-15,17,26H,16,18-19H2,1-3H3,(H,30,35)/t26-/m0/s1. The zero-order chi connectivity index (χ0) is 27.9. The van der Waals surface area contributed by atoms with Crippen LogP contribution in [0.1, 0.15) is 28.4 Å². The highest BCUT2D eigenvalue weighted by Crippen LogP contribution is 2.23. The third kappa shape index (κ3) is 7.43. The number of nitrogens with zero attached hydrogens (tertiary/aromatic N) is 2. The highest BCUT2D eigenvalue weighted by atomic mass is 35.5. The molecule has 3 rings (SSSR count). The van der Waals surface area contributed by atoms with Crippen molar-refractivity contribution in [1.29, 1.82) is 0 Å². The molecule has 8 nitrogen and oxygen atoms in total. The van der Waals surface area contributed by atoms with Crippen LogP contribution in [0.15, 0.2) is 78.9 Å². The molecule has 0 unspecified atom stereocenters.